The molecule has 3 heterocycles. The molecule has 0 radical (unpaired) electrons. The molecule has 1 aromatic rings. The SMILES string of the molecule is CCOc1ccc(NC(=O)[C@@H]2[C@@H]3CC(C)C4(S3)C(C(=O)NC(C)(C)C)N([C@@H](CO)CC(C)C)C(=O)[C@H]24)cc1. The zero-order valence-electron chi connectivity index (χ0n) is 23.6. The van der Waals surface area contributed by atoms with Crippen LogP contribution in [0.4, 0.5) is 5.69 Å². The fraction of sp³-hybridized carbons (Fsp3) is 0.690. The summed E-state index contributed by atoms with van der Waals surface area (Å²) in [6, 6.07) is 5.99. The lowest BCUT2D eigenvalue weighted by atomic mass is 9.65. The lowest BCUT2D eigenvalue weighted by molar-refractivity contribution is -0.142. The van der Waals surface area contributed by atoms with Gasteiger partial charge in [0, 0.05) is 16.5 Å². The molecule has 38 heavy (non-hydrogen) atoms. The quantitative estimate of drug-likeness (QED) is 0.437. The van der Waals surface area contributed by atoms with Gasteiger partial charge in [-0.25, -0.2) is 0 Å². The van der Waals surface area contributed by atoms with Crippen LogP contribution < -0.4 is 15.4 Å². The maximum atomic E-state index is 14.3. The highest BCUT2D eigenvalue weighted by atomic mass is 32.2. The smallest absolute Gasteiger partial charge is 0.244 e. The number of thioether (sulfide) groups is 1. The number of likely N-dealkylation sites (tertiary alicyclic amines) is 1. The first-order valence-electron chi connectivity index (χ1n) is 13.8. The third-order valence-electron chi connectivity index (χ3n) is 8.01. The van der Waals surface area contributed by atoms with Crippen molar-refractivity contribution < 1.29 is 24.2 Å². The van der Waals surface area contributed by atoms with Crippen molar-refractivity contribution in [2.75, 3.05) is 18.5 Å². The lowest BCUT2D eigenvalue weighted by Crippen LogP contribution is -2.60. The van der Waals surface area contributed by atoms with Crippen molar-refractivity contribution in [1.82, 2.24) is 10.2 Å². The van der Waals surface area contributed by atoms with E-state index in [9.17, 15) is 19.5 Å². The normalized spacial score (nSPS) is 30.9. The maximum absolute atomic E-state index is 14.3. The van der Waals surface area contributed by atoms with Crippen molar-refractivity contribution >= 4 is 35.2 Å². The first-order valence-corrected chi connectivity index (χ1v) is 14.7. The molecule has 3 aliphatic rings. The molecule has 3 unspecified atom stereocenters. The number of nitrogens with one attached hydrogen (secondary N) is 2. The number of benzene rings is 1. The molecule has 7 atom stereocenters. The van der Waals surface area contributed by atoms with Crippen molar-refractivity contribution in [2.24, 2.45) is 23.7 Å². The summed E-state index contributed by atoms with van der Waals surface area (Å²) in [6.07, 6.45) is 1.34. The summed E-state index contributed by atoms with van der Waals surface area (Å²) in [5.74, 6) is -0.743. The molecule has 3 amide bonds. The molecule has 4 rings (SSSR count). The van der Waals surface area contributed by atoms with Gasteiger partial charge >= 0.3 is 0 Å². The molecule has 9 heteroatoms. The Kier molecular flexibility index (Phi) is 8.11. The Morgan fingerprint density at radius 2 is 1.87 bits per heavy atom. The first kappa shape index (κ1) is 28.7. The van der Waals surface area contributed by atoms with E-state index in [0.717, 1.165) is 12.2 Å². The number of fused-ring (bicyclic) bond motifs is 1. The number of carbonyl (C=O) groups is 3. The Morgan fingerprint density at radius 1 is 1.21 bits per heavy atom. The van der Waals surface area contributed by atoms with Crippen LogP contribution in [-0.4, -0.2) is 68.6 Å². The molecule has 1 aromatic carbocycles. The number of ether oxygens (including phenoxy) is 1. The standard InChI is InChI=1S/C29H43N3O5S/c1-8-37-20-11-9-18(10-12-20)30-25(34)22-21-14-17(4)29(38-21)23(22)27(36)32(19(15-33)13-16(2)3)24(29)26(35)31-28(5,6)7/h9-12,16-17,19,21-24,33H,8,13-15H2,1-7H3,(H,30,34)(H,31,35)/t17?,19-,21+,22-,23+,24?,29?/m1/s1. The topological polar surface area (TPSA) is 108 Å². The fourth-order valence-electron chi connectivity index (χ4n) is 6.74. The highest BCUT2D eigenvalue weighted by Gasteiger charge is 2.76. The van der Waals surface area contributed by atoms with Crippen LogP contribution in [0.2, 0.25) is 0 Å². The minimum atomic E-state index is -0.747. The van der Waals surface area contributed by atoms with E-state index < -0.39 is 34.2 Å². The van der Waals surface area contributed by atoms with Gasteiger partial charge in [0.25, 0.3) is 0 Å². The van der Waals surface area contributed by atoms with Crippen LogP contribution in [0.15, 0.2) is 24.3 Å². The van der Waals surface area contributed by atoms with Crippen molar-refractivity contribution in [3.63, 3.8) is 0 Å². The van der Waals surface area contributed by atoms with Crippen LogP contribution >= 0.6 is 11.8 Å². The molecular formula is C29H43N3O5S. The van der Waals surface area contributed by atoms with Crippen LogP contribution in [0.3, 0.4) is 0 Å². The summed E-state index contributed by atoms with van der Waals surface area (Å²) in [5.41, 5.74) is 0.160. The van der Waals surface area contributed by atoms with Gasteiger partial charge in [-0.3, -0.25) is 14.4 Å². The minimum absolute atomic E-state index is 0.0496. The Bertz CT molecular complexity index is 1060. The first-order chi connectivity index (χ1) is 17.8. The largest absolute Gasteiger partial charge is 0.494 e. The van der Waals surface area contributed by atoms with Gasteiger partial charge in [-0.15, -0.1) is 11.8 Å². The van der Waals surface area contributed by atoms with E-state index in [2.05, 4.69) is 17.6 Å². The van der Waals surface area contributed by atoms with E-state index >= 15 is 0 Å². The van der Waals surface area contributed by atoms with E-state index in [1.165, 1.54) is 0 Å². The van der Waals surface area contributed by atoms with Crippen molar-refractivity contribution in [2.45, 2.75) is 88.9 Å². The second-order valence-corrected chi connectivity index (χ2v) is 14.0. The van der Waals surface area contributed by atoms with Crippen LogP contribution in [0.5, 0.6) is 5.75 Å². The van der Waals surface area contributed by atoms with Gasteiger partial charge in [0.05, 0.1) is 35.8 Å². The summed E-state index contributed by atoms with van der Waals surface area (Å²) < 4.78 is 4.78. The van der Waals surface area contributed by atoms with Gasteiger partial charge in [-0.05, 0) is 76.6 Å². The number of hydrogen-bond donors (Lipinski definition) is 3. The van der Waals surface area contributed by atoms with Gasteiger partial charge in [0.15, 0.2) is 0 Å². The number of anilines is 1. The molecule has 3 fully saturated rings. The van der Waals surface area contributed by atoms with Crippen LogP contribution in [-0.2, 0) is 14.4 Å². The molecule has 3 N–H and O–H groups in total. The number of nitrogens with zero attached hydrogens (tertiary/aromatic N) is 1. The number of carbonyl (C=O) groups excluding carboxylic acids is 3. The van der Waals surface area contributed by atoms with E-state index in [4.69, 9.17) is 4.74 Å². The van der Waals surface area contributed by atoms with E-state index in [0.29, 0.717) is 18.7 Å². The Hall–Kier alpha value is -2.26. The van der Waals surface area contributed by atoms with Gasteiger partial charge in [-0.1, -0.05) is 20.8 Å². The second-order valence-electron chi connectivity index (χ2n) is 12.4. The summed E-state index contributed by atoms with van der Waals surface area (Å²) in [6.45, 7) is 14.2. The second kappa shape index (κ2) is 10.7. The zero-order valence-corrected chi connectivity index (χ0v) is 24.4. The van der Waals surface area contributed by atoms with Gasteiger partial charge in [0.1, 0.15) is 11.8 Å². The third-order valence-corrected chi connectivity index (χ3v) is 10.1. The average Bonchev–Trinajstić information content (AvgIpc) is 3.41. The molecule has 0 aromatic heterocycles. The van der Waals surface area contributed by atoms with Crippen molar-refractivity contribution in [3.05, 3.63) is 24.3 Å². The van der Waals surface area contributed by atoms with Gasteiger partial charge in [0.2, 0.25) is 17.7 Å². The van der Waals surface area contributed by atoms with Crippen molar-refractivity contribution in [1.29, 1.82) is 0 Å². The summed E-state index contributed by atoms with van der Waals surface area (Å²) in [5, 5.41) is 16.5. The summed E-state index contributed by atoms with van der Waals surface area (Å²) in [7, 11) is 0. The molecule has 210 valence electrons. The number of hydrogen-bond acceptors (Lipinski definition) is 6. The van der Waals surface area contributed by atoms with E-state index in [1.807, 2.05) is 53.7 Å². The molecule has 8 nitrogen and oxygen atoms in total. The fourth-order valence-corrected chi connectivity index (χ4v) is 9.15. The van der Waals surface area contributed by atoms with Crippen LogP contribution in [0.25, 0.3) is 0 Å². The predicted molar refractivity (Wildman–Crippen MR) is 150 cm³/mol. The highest BCUT2D eigenvalue weighted by molar-refractivity contribution is 8.02. The molecular weight excluding hydrogens is 502 g/mol. The monoisotopic (exact) mass is 545 g/mol. The van der Waals surface area contributed by atoms with Gasteiger partial charge < -0.3 is 25.4 Å². The minimum Gasteiger partial charge on any atom is -0.494 e. The highest BCUT2D eigenvalue weighted by Crippen LogP contribution is 2.69. The Morgan fingerprint density at radius 3 is 2.42 bits per heavy atom. The van der Waals surface area contributed by atoms with E-state index in [-0.39, 0.29) is 41.4 Å². The predicted octanol–water partition coefficient (Wildman–Crippen LogP) is 3.68. The zero-order chi connectivity index (χ0) is 28.0. The van der Waals surface area contributed by atoms with E-state index in [1.54, 1.807) is 28.8 Å². The lowest BCUT2D eigenvalue weighted by Gasteiger charge is -2.41. The molecule has 2 bridgehead atoms. The Balaban J connectivity index is 1.70. The van der Waals surface area contributed by atoms with Gasteiger partial charge in [-0.2, -0.15) is 0 Å². The number of amides is 3. The Labute approximate surface area is 230 Å². The molecule has 1 spiro atoms. The molecule has 3 aliphatic heterocycles. The average molecular weight is 546 g/mol. The molecule has 0 aliphatic carbocycles. The molecule has 0 saturated carbocycles. The number of aliphatic hydroxyl groups excluding tert-OH is 1. The van der Waals surface area contributed by atoms with Crippen LogP contribution in [0, 0.1) is 23.7 Å². The number of rotatable bonds is 9. The van der Waals surface area contributed by atoms with Crippen molar-refractivity contribution in [3.8, 4) is 5.75 Å². The maximum Gasteiger partial charge on any atom is 0.244 e. The molecule has 3 saturated heterocycles. The van der Waals surface area contributed by atoms with Crippen LogP contribution in [0.1, 0.15) is 61.3 Å². The summed E-state index contributed by atoms with van der Waals surface area (Å²) >= 11 is 1.64. The summed E-state index contributed by atoms with van der Waals surface area (Å²) in [4.78, 5) is 43.6. The number of aliphatic hydroxyl groups is 1. The third kappa shape index (κ3) is 5.04.